The summed E-state index contributed by atoms with van der Waals surface area (Å²) in [6.07, 6.45) is 5.52. The Hall–Kier alpha value is -1.65. The Balaban J connectivity index is 2.28. The molecule has 1 N–H and O–H groups in total. The largest absolute Gasteiger partial charge is 0.477 e. The van der Waals surface area contributed by atoms with Gasteiger partial charge in [-0.1, -0.05) is 20.8 Å². The molecule has 0 aliphatic heterocycles. The molecule has 1 saturated carbocycles. The summed E-state index contributed by atoms with van der Waals surface area (Å²) in [7, 11) is 0. The highest BCUT2D eigenvalue weighted by Gasteiger charge is 2.26. The average Bonchev–Trinajstić information content (AvgIpc) is 2.48. The number of aromatic nitrogens is 2. The number of aryl methyl sites for hydroxylation is 1. The normalized spacial score (nSPS) is 22.0. The van der Waals surface area contributed by atoms with E-state index in [9.17, 15) is 9.90 Å². The van der Waals surface area contributed by atoms with Crippen molar-refractivity contribution in [2.75, 3.05) is 0 Å². The van der Waals surface area contributed by atoms with Crippen LogP contribution in [0.4, 0.5) is 0 Å². The summed E-state index contributed by atoms with van der Waals surface area (Å²) in [6, 6.07) is 0. The lowest BCUT2D eigenvalue weighted by Crippen LogP contribution is -2.25. The Labute approximate surface area is 125 Å². The Bertz CT molecular complexity index is 508. The van der Waals surface area contributed by atoms with Crippen LogP contribution in [0.1, 0.15) is 68.1 Å². The number of ether oxygens (including phenoxy) is 1. The van der Waals surface area contributed by atoms with Crippen molar-refractivity contribution < 1.29 is 14.6 Å². The molecule has 0 aromatic carbocycles. The Morgan fingerprint density at radius 3 is 2.38 bits per heavy atom. The van der Waals surface area contributed by atoms with E-state index in [1.807, 2.05) is 13.8 Å². The number of aromatic carboxylic acids is 1. The van der Waals surface area contributed by atoms with Crippen molar-refractivity contribution in [3.05, 3.63) is 16.8 Å². The first-order valence-corrected chi connectivity index (χ1v) is 7.85. The van der Waals surface area contributed by atoms with E-state index in [4.69, 9.17) is 4.74 Å². The summed E-state index contributed by atoms with van der Waals surface area (Å²) in [6.45, 7) is 6.14. The van der Waals surface area contributed by atoms with Crippen LogP contribution in [0.3, 0.4) is 0 Å². The van der Waals surface area contributed by atoms with E-state index in [-0.39, 0.29) is 17.5 Å². The monoisotopic (exact) mass is 292 g/mol. The number of rotatable bonds is 5. The number of nitrogens with zero attached hydrogens (tertiary/aromatic N) is 2. The second kappa shape index (κ2) is 6.87. The molecule has 1 aromatic rings. The van der Waals surface area contributed by atoms with Crippen LogP contribution in [-0.2, 0) is 12.8 Å². The predicted octanol–water partition coefficient (Wildman–Crippen LogP) is 3.26. The van der Waals surface area contributed by atoms with E-state index in [1.165, 1.54) is 0 Å². The number of carbonyl (C=O) groups is 1. The molecular weight excluding hydrogens is 268 g/mol. The number of carboxylic acids is 1. The van der Waals surface area contributed by atoms with Crippen LogP contribution >= 0.6 is 0 Å². The molecule has 2 rings (SSSR count). The van der Waals surface area contributed by atoms with Gasteiger partial charge in [-0.05, 0) is 50.0 Å². The minimum absolute atomic E-state index is 0.0609. The molecule has 1 fully saturated rings. The van der Waals surface area contributed by atoms with Crippen molar-refractivity contribution in [3.63, 3.8) is 0 Å². The fourth-order valence-electron chi connectivity index (χ4n) is 2.96. The molecule has 1 aliphatic rings. The molecule has 0 amide bonds. The fraction of sp³-hybridized carbons (Fsp3) is 0.688. The maximum absolute atomic E-state index is 11.6. The van der Waals surface area contributed by atoms with E-state index in [0.29, 0.717) is 12.8 Å². The summed E-state index contributed by atoms with van der Waals surface area (Å²) in [5.41, 5.74) is 1.70. The minimum atomic E-state index is -0.976. The van der Waals surface area contributed by atoms with Gasteiger partial charge in [0.1, 0.15) is 11.7 Å². The van der Waals surface area contributed by atoms with E-state index >= 15 is 0 Å². The highest BCUT2D eigenvalue weighted by Crippen LogP contribution is 2.29. The third-order valence-corrected chi connectivity index (χ3v) is 4.27. The summed E-state index contributed by atoms with van der Waals surface area (Å²) in [5, 5.41) is 17.7. The molecule has 0 bridgehead atoms. The lowest BCUT2D eigenvalue weighted by molar-refractivity contribution is 0.0678. The fourth-order valence-corrected chi connectivity index (χ4v) is 2.96. The summed E-state index contributed by atoms with van der Waals surface area (Å²) in [4.78, 5) is 11.6. The molecule has 0 spiro atoms. The van der Waals surface area contributed by atoms with Gasteiger partial charge in [-0.25, -0.2) is 4.79 Å². The number of hydrogen-bond acceptors (Lipinski definition) is 4. The molecule has 1 heterocycles. The zero-order chi connectivity index (χ0) is 15.4. The van der Waals surface area contributed by atoms with E-state index in [0.717, 1.165) is 42.9 Å². The zero-order valence-electron chi connectivity index (χ0n) is 13.1. The molecule has 0 saturated heterocycles. The van der Waals surface area contributed by atoms with Gasteiger partial charge >= 0.3 is 5.97 Å². The third-order valence-electron chi connectivity index (χ3n) is 4.27. The van der Waals surface area contributed by atoms with Crippen LogP contribution in [0.25, 0.3) is 0 Å². The van der Waals surface area contributed by atoms with Gasteiger partial charge in [-0.2, -0.15) is 5.10 Å². The van der Waals surface area contributed by atoms with Crippen LogP contribution in [0.2, 0.25) is 0 Å². The standard InChI is InChI=1S/C16H24N2O3/c1-4-12-13(5-2)17-18-15(14(12)16(19)20)21-11-8-6-10(3)7-9-11/h10-11H,4-9H2,1-3H3,(H,19,20). The van der Waals surface area contributed by atoms with Gasteiger partial charge in [0.2, 0.25) is 5.88 Å². The highest BCUT2D eigenvalue weighted by molar-refractivity contribution is 5.92. The van der Waals surface area contributed by atoms with E-state index in [2.05, 4.69) is 17.1 Å². The summed E-state index contributed by atoms with van der Waals surface area (Å²) < 4.78 is 5.88. The molecule has 5 heteroatoms. The highest BCUT2D eigenvalue weighted by atomic mass is 16.5. The quantitative estimate of drug-likeness (QED) is 0.901. The zero-order valence-corrected chi connectivity index (χ0v) is 13.1. The van der Waals surface area contributed by atoms with Gasteiger partial charge < -0.3 is 9.84 Å². The predicted molar refractivity (Wildman–Crippen MR) is 79.8 cm³/mol. The Morgan fingerprint density at radius 2 is 1.86 bits per heavy atom. The lowest BCUT2D eigenvalue weighted by atomic mass is 9.89. The van der Waals surface area contributed by atoms with Gasteiger partial charge in [-0.15, -0.1) is 5.10 Å². The smallest absolute Gasteiger partial charge is 0.341 e. The van der Waals surface area contributed by atoms with Gasteiger partial charge in [0.25, 0.3) is 0 Å². The molecule has 1 aliphatic carbocycles. The Morgan fingerprint density at radius 1 is 1.19 bits per heavy atom. The average molecular weight is 292 g/mol. The number of carboxylic acid groups (broad SMARTS) is 1. The van der Waals surface area contributed by atoms with E-state index in [1.54, 1.807) is 0 Å². The molecular formula is C16H24N2O3. The molecule has 116 valence electrons. The van der Waals surface area contributed by atoms with Crippen molar-refractivity contribution in [1.29, 1.82) is 0 Å². The second-order valence-electron chi connectivity index (χ2n) is 5.82. The first kappa shape index (κ1) is 15.7. The summed E-state index contributed by atoms with van der Waals surface area (Å²) >= 11 is 0. The third kappa shape index (κ3) is 3.52. The van der Waals surface area contributed by atoms with E-state index < -0.39 is 5.97 Å². The first-order chi connectivity index (χ1) is 10.1. The summed E-state index contributed by atoms with van der Waals surface area (Å²) in [5.74, 6) is -0.0599. The van der Waals surface area contributed by atoms with Gasteiger partial charge in [0.15, 0.2) is 0 Å². The van der Waals surface area contributed by atoms with Crippen molar-refractivity contribution in [2.45, 2.75) is 65.4 Å². The Kier molecular flexibility index (Phi) is 5.15. The van der Waals surface area contributed by atoms with Crippen molar-refractivity contribution in [3.8, 4) is 5.88 Å². The van der Waals surface area contributed by atoms with Gasteiger partial charge in [0, 0.05) is 0 Å². The van der Waals surface area contributed by atoms with Crippen LogP contribution < -0.4 is 4.74 Å². The minimum Gasteiger partial charge on any atom is -0.477 e. The van der Waals surface area contributed by atoms with Crippen LogP contribution in [0.15, 0.2) is 0 Å². The molecule has 0 unspecified atom stereocenters. The van der Waals surface area contributed by atoms with Crippen LogP contribution in [-0.4, -0.2) is 27.4 Å². The molecule has 1 aromatic heterocycles. The maximum atomic E-state index is 11.6. The first-order valence-electron chi connectivity index (χ1n) is 7.85. The topological polar surface area (TPSA) is 72.3 Å². The number of hydrogen-bond donors (Lipinski definition) is 1. The maximum Gasteiger partial charge on any atom is 0.341 e. The molecule has 0 atom stereocenters. The molecule has 5 nitrogen and oxygen atoms in total. The lowest BCUT2D eigenvalue weighted by Gasteiger charge is -2.27. The van der Waals surface area contributed by atoms with Crippen molar-refractivity contribution in [1.82, 2.24) is 10.2 Å². The second-order valence-corrected chi connectivity index (χ2v) is 5.82. The van der Waals surface area contributed by atoms with Crippen molar-refractivity contribution in [2.24, 2.45) is 5.92 Å². The van der Waals surface area contributed by atoms with Crippen molar-refractivity contribution >= 4 is 5.97 Å². The van der Waals surface area contributed by atoms with Crippen LogP contribution in [0.5, 0.6) is 5.88 Å². The van der Waals surface area contributed by atoms with Crippen LogP contribution in [0, 0.1) is 5.92 Å². The van der Waals surface area contributed by atoms with Gasteiger partial charge in [0.05, 0.1) is 5.69 Å². The molecule has 21 heavy (non-hydrogen) atoms. The SMILES string of the molecule is CCc1nnc(OC2CCC(C)CC2)c(C(=O)O)c1CC. The van der Waals surface area contributed by atoms with Gasteiger partial charge in [-0.3, -0.25) is 0 Å². The molecule has 0 radical (unpaired) electrons.